The molecule has 1 saturated heterocycles. The van der Waals surface area contributed by atoms with Crippen molar-refractivity contribution < 1.29 is 14.0 Å². The van der Waals surface area contributed by atoms with E-state index in [1.165, 1.54) is 12.8 Å². The van der Waals surface area contributed by atoms with Crippen molar-refractivity contribution in [3.8, 4) is 17.1 Å². The molecule has 2 N–H and O–H groups in total. The van der Waals surface area contributed by atoms with Gasteiger partial charge in [-0.15, -0.1) is 0 Å². The Hall–Kier alpha value is -2.61. The van der Waals surface area contributed by atoms with E-state index in [2.05, 4.69) is 15.0 Å². The van der Waals surface area contributed by atoms with Crippen LogP contribution in [-0.2, 0) is 18.0 Å². The Bertz CT molecular complexity index is 955. The summed E-state index contributed by atoms with van der Waals surface area (Å²) in [7, 11) is 0. The van der Waals surface area contributed by atoms with Crippen LogP contribution in [0.3, 0.4) is 0 Å². The monoisotopic (exact) mass is 428 g/mol. The number of nitrogen functional groups attached to an aromatic ring is 1. The van der Waals surface area contributed by atoms with E-state index in [0.717, 1.165) is 30.8 Å². The lowest BCUT2D eigenvalue weighted by molar-refractivity contribution is 0.0850. The molecule has 8 heteroatoms. The maximum absolute atomic E-state index is 6.16. The first-order valence-electron chi connectivity index (χ1n) is 10.1. The second kappa shape index (κ2) is 9.93. The maximum atomic E-state index is 6.16. The molecule has 0 amide bonds. The summed E-state index contributed by atoms with van der Waals surface area (Å²) >= 11 is 5.88. The third-order valence-electron chi connectivity index (χ3n) is 5.01. The minimum absolute atomic E-state index is 0.225. The molecule has 30 heavy (non-hydrogen) atoms. The number of nitrogens with zero attached hydrogens (tertiary/aromatic N) is 3. The first-order chi connectivity index (χ1) is 14.7. The SMILES string of the molecule is Nc1cc(-c2noc(COCc3ccc(Cl)cc3)n2)ccc1OCCN1CCCC1. The van der Waals surface area contributed by atoms with Gasteiger partial charge in [-0.25, -0.2) is 0 Å². The number of rotatable bonds is 9. The topological polar surface area (TPSA) is 86.6 Å². The zero-order valence-electron chi connectivity index (χ0n) is 16.7. The molecule has 0 saturated carbocycles. The summed E-state index contributed by atoms with van der Waals surface area (Å²) in [4.78, 5) is 6.79. The minimum atomic E-state index is 0.225. The van der Waals surface area contributed by atoms with E-state index in [4.69, 9.17) is 31.3 Å². The molecule has 0 radical (unpaired) electrons. The third-order valence-corrected chi connectivity index (χ3v) is 5.26. The van der Waals surface area contributed by atoms with Gasteiger partial charge in [0.2, 0.25) is 5.82 Å². The highest BCUT2D eigenvalue weighted by molar-refractivity contribution is 6.30. The fourth-order valence-corrected chi connectivity index (χ4v) is 3.50. The lowest BCUT2D eigenvalue weighted by atomic mass is 10.2. The molecule has 2 heterocycles. The molecule has 4 rings (SSSR count). The molecule has 0 atom stereocenters. The summed E-state index contributed by atoms with van der Waals surface area (Å²) in [5, 5.41) is 4.72. The molecule has 158 valence electrons. The van der Waals surface area contributed by atoms with Crippen molar-refractivity contribution in [1.82, 2.24) is 15.0 Å². The van der Waals surface area contributed by atoms with Crippen molar-refractivity contribution in [2.75, 3.05) is 32.0 Å². The van der Waals surface area contributed by atoms with Crippen LogP contribution in [0.5, 0.6) is 5.75 Å². The standard InChI is InChI=1S/C22H25ClN4O3/c23-18-6-3-16(4-7-18)14-28-15-21-25-22(26-30-21)17-5-8-20(19(24)13-17)29-12-11-27-9-1-2-10-27/h3-8,13H,1-2,9-12,14-15,24H2. The molecule has 1 fully saturated rings. The largest absolute Gasteiger partial charge is 0.490 e. The summed E-state index contributed by atoms with van der Waals surface area (Å²) in [6.45, 7) is 4.52. The predicted molar refractivity (Wildman–Crippen MR) is 115 cm³/mol. The number of hydrogen-bond donors (Lipinski definition) is 1. The van der Waals surface area contributed by atoms with Crippen LogP contribution < -0.4 is 10.5 Å². The highest BCUT2D eigenvalue weighted by Gasteiger charge is 2.13. The quantitative estimate of drug-likeness (QED) is 0.512. The molecule has 0 spiro atoms. The molecular formula is C22H25ClN4O3. The summed E-state index contributed by atoms with van der Waals surface area (Å²) in [5.41, 5.74) is 8.50. The Morgan fingerprint density at radius 2 is 1.87 bits per heavy atom. The Kier molecular flexibility index (Phi) is 6.84. The molecule has 1 aliphatic rings. The van der Waals surface area contributed by atoms with Crippen molar-refractivity contribution in [2.45, 2.75) is 26.1 Å². The third kappa shape index (κ3) is 5.50. The molecule has 0 unspecified atom stereocenters. The van der Waals surface area contributed by atoms with Crippen LogP contribution >= 0.6 is 11.6 Å². The average Bonchev–Trinajstić information content (AvgIpc) is 3.43. The zero-order valence-corrected chi connectivity index (χ0v) is 17.5. The second-order valence-electron chi connectivity index (χ2n) is 7.28. The molecule has 1 aromatic heterocycles. The van der Waals surface area contributed by atoms with E-state index in [-0.39, 0.29) is 6.61 Å². The van der Waals surface area contributed by atoms with Crippen molar-refractivity contribution in [1.29, 1.82) is 0 Å². The van der Waals surface area contributed by atoms with E-state index < -0.39 is 0 Å². The lowest BCUT2D eigenvalue weighted by Gasteiger charge is -2.15. The molecule has 0 bridgehead atoms. The molecule has 1 aliphatic heterocycles. The predicted octanol–water partition coefficient (Wildman–Crippen LogP) is 4.16. The van der Waals surface area contributed by atoms with Crippen molar-refractivity contribution >= 4 is 17.3 Å². The molecule has 7 nitrogen and oxygen atoms in total. The van der Waals surface area contributed by atoms with E-state index >= 15 is 0 Å². The second-order valence-corrected chi connectivity index (χ2v) is 7.72. The van der Waals surface area contributed by atoms with Gasteiger partial charge in [0.25, 0.3) is 5.89 Å². The van der Waals surface area contributed by atoms with Gasteiger partial charge in [0.15, 0.2) is 0 Å². The van der Waals surface area contributed by atoms with Gasteiger partial charge in [0.1, 0.15) is 19.0 Å². The van der Waals surface area contributed by atoms with E-state index in [0.29, 0.717) is 41.4 Å². The molecular weight excluding hydrogens is 404 g/mol. The van der Waals surface area contributed by atoms with E-state index in [1.54, 1.807) is 6.07 Å². The number of halogens is 1. The van der Waals surface area contributed by atoms with Gasteiger partial charge >= 0.3 is 0 Å². The highest BCUT2D eigenvalue weighted by Crippen LogP contribution is 2.27. The van der Waals surface area contributed by atoms with Crippen molar-refractivity contribution in [2.24, 2.45) is 0 Å². The fourth-order valence-electron chi connectivity index (χ4n) is 3.38. The Labute approximate surface area is 180 Å². The number of nitrogens with two attached hydrogens (primary N) is 1. The number of hydrogen-bond acceptors (Lipinski definition) is 7. The number of likely N-dealkylation sites (tertiary alicyclic amines) is 1. The first-order valence-corrected chi connectivity index (χ1v) is 10.4. The fraction of sp³-hybridized carbons (Fsp3) is 0.364. The van der Waals surface area contributed by atoms with Gasteiger partial charge in [-0.05, 0) is 61.8 Å². The number of aromatic nitrogens is 2. The highest BCUT2D eigenvalue weighted by atomic mass is 35.5. The minimum Gasteiger partial charge on any atom is -0.490 e. The van der Waals surface area contributed by atoms with Gasteiger partial charge in [-0.3, -0.25) is 4.90 Å². The summed E-state index contributed by atoms with van der Waals surface area (Å²) in [6.07, 6.45) is 2.55. The molecule has 0 aliphatic carbocycles. The van der Waals surface area contributed by atoms with Crippen LogP contribution in [0.2, 0.25) is 5.02 Å². The van der Waals surface area contributed by atoms with Gasteiger partial charge in [0, 0.05) is 17.1 Å². The van der Waals surface area contributed by atoms with Crippen LogP contribution in [0.25, 0.3) is 11.4 Å². The van der Waals surface area contributed by atoms with Crippen LogP contribution in [0.4, 0.5) is 5.69 Å². The normalized spacial score (nSPS) is 14.3. The smallest absolute Gasteiger partial charge is 0.252 e. The number of ether oxygens (including phenoxy) is 2. The Morgan fingerprint density at radius 3 is 2.63 bits per heavy atom. The van der Waals surface area contributed by atoms with Crippen molar-refractivity contribution in [3.63, 3.8) is 0 Å². The number of benzene rings is 2. The van der Waals surface area contributed by atoms with E-state index in [9.17, 15) is 0 Å². The summed E-state index contributed by atoms with van der Waals surface area (Å²) in [6, 6.07) is 13.0. The van der Waals surface area contributed by atoms with Gasteiger partial charge in [0.05, 0.1) is 12.3 Å². The lowest BCUT2D eigenvalue weighted by Crippen LogP contribution is -2.25. The van der Waals surface area contributed by atoms with Crippen molar-refractivity contribution in [3.05, 3.63) is 58.9 Å². The van der Waals surface area contributed by atoms with Crippen LogP contribution in [0.15, 0.2) is 47.0 Å². The summed E-state index contributed by atoms with van der Waals surface area (Å²) in [5.74, 6) is 1.55. The van der Waals surface area contributed by atoms with Crippen LogP contribution in [0.1, 0.15) is 24.3 Å². The summed E-state index contributed by atoms with van der Waals surface area (Å²) < 4.78 is 16.8. The molecule has 3 aromatic rings. The van der Waals surface area contributed by atoms with Crippen LogP contribution in [0, 0.1) is 0 Å². The van der Waals surface area contributed by atoms with Gasteiger partial charge in [-0.1, -0.05) is 28.9 Å². The zero-order chi connectivity index (χ0) is 20.8. The Morgan fingerprint density at radius 1 is 1.07 bits per heavy atom. The first kappa shape index (κ1) is 20.7. The van der Waals surface area contributed by atoms with Gasteiger partial charge < -0.3 is 19.7 Å². The Balaban J connectivity index is 1.28. The molecule has 2 aromatic carbocycles. The van der Waals surface area contributed by atoms with Gasteiger partial charge in [-0.2, -0.15) is 4.98 Å². The average molecular weight is 429 g/mol. The van der Waals surface area contributed by atoms with E-state index in [1.807, 2.05) is 36.4 Å². The van der Waals surface area contributed by atoms with Crippen LogP contribution in [-0.4, -0.2) is 41.3 Å². The number of anilines is 1. The maximum Gasteiger partial charge on any atom is 0.252 e.